The van der Waals surface area contributed by atoms with Crippen LogP contribution in [0.2, 0.25) is 0 Å². The van der Waals surface area contributed by atoms with E-state index in [9.17, 15) is 20.1 Å². The summed E-state index contributed by atoms with van der Waals surface area (Å²) < 4.78 is 23.6. The van der Waals surface area contributed by atoms with E-state index in [-0.39, 0.29) is 0 Å². The molecule has 53 heavy (non-hydrogen) atoms. The smallest absolute Gasteiger partial charge is 0.411 e. The van der Waals surface area contributed by atoms with E-state index in [2.05, 4.69) is 22.2 Å². The van der Waals surface area contributed by atoms with E-state index in [0.29, 0.717) is 35.7 Å². The number of aromatic nitrogens is 2. The highest BCUT2D eigenvalue weighted by Crippen LogP contribution is 2.29. The van der Waals surface area contributed by atoms with Gasteiger partial charge in [-0.05, 0) is 97.8 Å². The molecule has 12 nitrogen and oxygen atoms in total. The van der Waals surface area contributed by atoms with Crippen LogP contribution in [-0.2, 0) is 9.47 Å². The molecule has 0 saturated carbocycles. The molecule has 2 heterocycles. The summed E-state index contributed by atoms with van der Waals surface area (Å²) in [6.45, 7) is 4.63. The summed E-state index contributed by atoms with van der Waals surface area (Å²) in [6.07, 6.45) is 4.70. The van der Waals surface area contributed by atoms with Crippen molar-refractivity contribution in [3.8, 4) is 35.0 Å². The number of fused-ring (bicyclic) bond motifs is 2. The van der Waals surface area contributed by atoms with Gasteiger partial charge in [0.2, 0.25) is 0 Å². The van der Waals surface area contributed by atoms with Gasteiger partial charge in [0.05, 0.1) is 49.6 Å². The number of rotatable bonds is 9. The average Bonchev–Trinajstić information content (AvgIpc) is 3.74. The van der Waals surface area contributed by atoms with E-state index in [4.69, 9.17) is 31.5 Å². The van der Waals surface area contributed by atoms with Crippen molar-refractivity contribution in [1.29, 1.82) is 10.5 Å². The van der Waals surface area contributed by atoms with Crippen molar-refractivity contribution >= 4 is 56.3 Å². The van der Waals surface area contributed by atoms with Gasteiger partial charge < -0.3 is 33.8 Å². The molecule has 1 amide bonds. The largest absolute Gasteiger partial charge is 0.497 e. The molecule has 0 atom stereocenters. The summed E-state index contributed by atoms with van der Waals surface area (Å²) in [7, 11) is 3.25. The van der Waals surface area contributed by atoms with Gasteiger partial charge in [0.1, 0.15) is 23.6 Å². The minimum Gasteiger partial charge on any atom is -0.497 e. The zero-order valence-electron chi connectivity index (χ0n) is 29.8. The van der Waals surface area contributed by atoms with E-state index in [0.717, 1.165) is 57.5 Å². The molecule has 0 unspecified atom stereocenters. The molecule has 2 aromatic heterocycles. The molecular formula is C40H39ClN6O6. The molecular weight excluding hydrogens is 696 g/mol. The number of nitrogen functional groups attached to an aromatic ring is 1. The SMILES string of the molecule is CCCOC(=O)Cl.CCCOC(=O)Nc1ccc2c(C#N)cn(-c3ccc(OC)cc3)c2c1.COc1ccc(-n2cc(C#N)c3ccc(N)cc32)cc1. The maximum Gasteiger partial charge on any atom is 0.411 e. The number of nitrogens with two attached hydrogens (primary N) is 1. The highest BCUT2D eigenvalue weighted by molar-refractivity contribution is 6.61. The van der Waals surface area contributed by atoms with Crippen LogP contribution < -0.4 is 20.5 Å². The number of nitrogens with zero attached hydrogens (tertiary/aromatic N) is 4. The summed E-state index contributed by atoms with van der Waals surface area (Å²) in [5.41, 5.74) is 11.2. The quantitative estimate of drug-likeness (QED) is 0.109. The minimum absolute atomic E-state index is 0.370. The first-order valence-corrected chi connectivity index (χ1v) is 16.9. The number of nitriles is 2. The Morgan fingerprint density at radius 2 is 1.19 bits per heavy atom. The number of methoxy groups -OCH3 is 2. The molecule has 0 aliphatic carbocycles. The van der Waals surface area contributed by atoms with Gasteiger partial charge in [-0.15, -0.1) is 0 Å². The average molecular weight is 735 g/mol. The molecule has 0 aliphatic rings. The lowest BCUT2D eigenvalue weighted by Crippen LogP contribution is -2.14. The summed E-state index contributed by atoms with van der Waals surface area (Å²) in [5.74, 6) is 1.55. The summed E-state index contributed by atoms with van der Waals surface area (Å²) >= 11 is 4.80. The Labute approximate surface area is 312 Å². The highest BCUT2D eigenvalue weighted by Gasteiger charge is 2.13. The Morgan fingerprint density at radius 3 is 1.62 bits per heavy atom. The third kappa shape index (κ3) is 10.2. The summed E-state index contributed by atoms with van der Waals surface area (Å²) in [5, 5.41) is 23.1. The van der Waals surface area contributed by atoms with Crippen LogP contribution in [0.15, 0.2) is 97.3 Å². The molecule has 272 valence electrons. The van der Waals surface area contributed by atoms with Gasteiger partial charge in [0.15, 0.2) is 0 Å². The number of nitrogens with one attached hydrogen (secondary N) is 1. The van der Waals surface area contributed by atoms with Crippen LogP contribution in [0.1, 0.15) is 37.8 Å². The fourth-order valence-corrected chi connectivity index (χ4v) is 5.25. The van der Waals surface area contributed by atoms with E-state index in [1.54, 1.807) is 26.5 Å². The van der Waals surface area contributed by atoms with Crippen molar-refractivity contribution in [3.63, 3.8) is 0 Å². The zero-order chi connectivity index (χ0) is 38.3. The molecule has 0 fully saturated rings. The van der Waals surface area contributed by atoms with Crippen molar-refractivity contribution in [2.75, 3.05) is 38.5 Å². The lowest BCUT2D eigenvalue weighted by Gasteiger charge is -2.09. The van der Waals surface area contributed by atoms with Crippen LogP contribution in [0.3, 0.4) is 0 Å². The fourth-order valence-electron chi connectivity index (χ4n) is 5.17. The number of carbonyl (C=O) groups excluding carboxylic acids is 2. The van der Waals surface area contributed by atoms with Gasteiger partial charge in [-0.1, -0.05) is 13.8 Å². The van der Waals surface area contributed by atoms with Gasteiger partial charge in [-0.2, -0.15) is 10.5 Å². The fraction of sp³-hybridized carbons (Fsp3) is 0.200. The van der Waals surface area contributed by atoms with Crippen molar-refractivity contribution in [2.45, 2.75) is 26.7 Å². The molecule has 13 heteroatoms. The normalized spacial score (nSPS) is 10.1. The van der Waals surface area contributed by atoms with Gasteiger partial charge in [-0.3, -0.25) is 5.32 Å². The number of amides is 1. The molecule has 6 rings (SSSR count). The van der Waals surface area contributed by atoms with Crippen molar-refractivity contribution < 1.29 is 28.5 Å². The minimum atomic E-state index is -0.721. The monoisotopic (exact) mass is 734 g/mol. The maximum atomic E-state index is 11.8. The first-order chi connectivity index (χ1) is 25.6. The number of benzene rings is 4. The van der Waals surface area contributed by atoms with E-state index >= 15 is 0 Å². The Hall–Kier alpha value is -6.63. The Balaban J connectivity index is 0.000000205. The molecule has 0 spiro atoms. The van der Waals surface area contributed by atoms with Crippen LogP contribution in [0.5, 0.6) is 11.5 Å². The van der Waals surface area contributed by atoms with E-state index in [1.165, 1.54) is 0 Å². The molecule has 4 aromatic carbocycles. The molecule has 0 saturated heterocycles. The Morgan fingerprint density at radius 1 is 0.717 bits per heavy atom. The van der Waals surface area contributed by atoms with Gasteiger partial charge in [0, 0.05) is 57.5 Å². The predicted molar refractivity (Wildman–Crippen MR) is 206 cm³/mol. The second kappa shape index (κ2) is 19.1. The standard InChI is InChI=1S/C20H19N3O3.C16H13N3O.C4H7ClO2/c1-3-10-26-20(24)22-15-4-9-18-14(12-21)13-23(19(18)11-15)16-5-7-17(25-2)8-6-16;1-20-14-5-3-13(4-6-14)19-10-11(9-17)15-7-2-12(18)8-16(15)19;1-2-3-7-4(5)6/h4-9,11,13H,3,10H2,1-2H3,(H,22,24);2-8,10H,18H2,1H3;2-3H2,1H3. The summed E-state index contributed by atoms with van der Waals surface area (Å²) in [4.78, 5) is 21.5. The van der Waals surface area contributed by atoms with E-state index < -0.39 is 11.5 Å². The molecule has 0 aliphatic heterocycles. The number of ether oxygens (including phenoxy) is 4. The third-order valence-electron chi connectivity index (χ3n) is 7.68. The molecule has 0 bridgehead atoms. The molecule has 6 aromatic rings. The lowest BCUT2D eigenvalue weighted by molar-refractivity contribution is 0.161. The zero-order valence-corrected chi connectivity index (χ0v) is 30.5. The Kier molecular flexibility index (Phi) is 14.1. The van der Waals surface area contributed by atoms with Crippen molar-refractivity contribution in [1.82, 2.24) is 9.13 Å². The van der Waals surface area contributed by atoms with Crippen molar-refractivity contribution in [2.24, 2.45) is 0 Å². The summed E-state index contributed by atoms with van der Waals surface area (Å²) in [6, 6.07) is 30.6. The highest BCUT2D eigenvalue weighted by atomic mass is 35.5. The number of hydrogen-bond acceptors (Lipinski definition) is 9. The van der Waals surface area contributed by atoms with Gasteiger partial charge in [0.25, 0.3) is 0 Å². The second-order valence-electron chi connectivity index (χ2n) is 11.3. The van der Waals surface area contributed by atoms with Crippen LogP contribution in [0.25, 0.3) is 33.2 Å². The predicted octanol–water partition coefficient (Wildman–Crippen LogP) is 9.33. The lowest BCUT2D eigenvalue weighted by atomic mass is 10.2. The number of anilines is 2. The van der Waals surface area contributed by atoms with Crippen LogP contribution in [0.4, 0.5) is 21.0 Å². The van der Waals surface area contributed by atoms with Gasteiger partial charge >= 0.3 is 11.5 Å². The number of carbonyl (C=O) groups is 2. The van der Waals surface area contributed by atoms with E-state index in [1.807, 2.05) is 108 Å². The maximum absolute atomic E-state index is 11.8. The van der Waals surface area contributed by atoms with Gasteiger partial charge in [-0.25, -0.2) is 9.59 Å². The van der Waals surface area contributed by atoms with Crippen LogP contribution >= 0.6 is 11.6 Å². The number of halogens is 1. The third-order valence-corrected chi connectivity index (χ3v) is 7.79. The van der Waals surface area contributed by atoms with Crippen molar-refractivity contribution in [3.05, 3.63) is 108 Å². The van der Waals surface area contributed by atoms with Crippen LogP contribution in [-0.4, -0.2) is 48.1 Å². The molecule has 3 N–H and O–H groups in total. The first kappa shape index (κ1) is 39.2. The van der Waals surface area contributed by atoms with Crippen LogP contribution in [0, 0.1) is 22.7 Å². The first-order valence-electron chi connectivity index (χ1n) is 16.6. The Bertz CT molecular complexity index is 2250. The topological polar surface area (TPSA) is 167 Å². The number of hydrogen-bond donors (Lipinski definition) is 2. The second-order valence-corrected chi connectivity index (χ2v) is 11.6. The molecule has 0 radical (unpaired) electrons.